The highest BCUT2D eigenvalue weighted by molar-refractivity contribution is 5.98. The van der Waals surface area contributed by atoms with E-state index in [2.05, 4.69) is 9.97 Å². The van der Waals surface area contributed by atoms with Crippen LogP contribution in [0, 0.1) is 0 Å². The first kappa shape index (κ1) is 11.8. The van der Waals surface area contributed by atoms with Crippen molar-refractivity contribution in [1.29, 1.82) is 0 Å². The van der Waals surface area contributed by atoms with E-state index in [-0.39, 0.29) is 11.8 Å². The third-order valence-electron chi connectivity index (χ3n) is 3.22. The molecule has 1 aromatic carbocycles. The van der Waals surface area contributed by atoms with Crippen LogP contribution in [0.2, 0.25) is 0 Å². The number of Topliss-reactive ketones (excluding diaryl/α,β-unsaturated/α-hetero) is 1. The van der Waals surface area contributed by atoms with Crippen LogP contribution < -0.4 is 0 Å². The summed E-state index contributed by atoms with van der Waals surface area (Å²) in [6.07, 6.45) is 0. The monoisotopic (exact) mass is 253 g/mol. The molecule has 2 heterocycles. The van der Waals surface area contributed by atoms with Gasteiger partial charge in [0.05, 0.1) is 16.7 Å². The van der Waals surface area contributed by atoms with Gasteiger partial charge in [0.1, 0.15) is 5.52 Å². The quantitative estimate of drug-likeness (QED) is 0.658. The fourth-order valence-corrected chi connectivity index (χ4v) is 2.39. The molecule has 4 nitrogen and oxygen atoms in total. The second-order valence-electron chi connectivity index (χ2n) is 4.97. The summed E-state index contributed by atoms with van der Waals surface area (Å²) < 4.78 is 1.96. The summed E-state index contributed by atoms with van der Waals surface area (Å²) in [6.45, 7) is 5.66. The highest BCUT2D eigenvalue weighted by Gasteiger charge is 2.17. The number of rotatable bonds is 2. The number of para-hydroxylation sites is 2. The number of hydrogen-bond donors (Lipinski definition) is 0. The third kappa shape index (κ3) is 1.80. The Labute approximate surface area is 111 Å². The van der Waals surface area contributed by atoms with Crippen molar-refractivity contribution >= 4 is 28.0 Å². The maximum atomic E-state index is 11.8. The van der Waals surface area contributed by atoms with Crippen molar-refractivity contribution < 1.29 is 4.79 Å². The van der Waals surface area contributed by atoms with E-state index in [0.717, 1.165) is 22.2 Å². The zero-order valence-corrected chi connectivity index (χ0v) is 11.2. The van der Waals surface area contributed by atoms with E-state index >= 15 is 0 Å². The predicted molar refractivity (Wildman–Crippen MR) is 75.4 cm³/mol. The number of ketones is 1. The fraction of sp³-hybridized carbons (Fsp3) is 0.267. The highest BCUT2D eigenvalue weighted by Crippen LogP contribution is 2.24. The van der Waals surface area contributed by atoms with Crippen molar-refractivity contribution in [2.24, 2.45) is 0 Å². The molecule has 0 fully saturated rings. The number of nitrogens with zero attached hydrogens (tertiary/aromatic N) is 3. The van der Waals surface area contributed by atoms with Gasteiger partial charge in [0.15, 0.2) is 11.4 Å². The second kappa shape index (κ2) is 4.16. The summed E-state index contributed by atoms with van der Waals surface area (Å²) in [6, 6.07) is 9.75. The van der Waals surface area contributed by atoms with E-state index in [0.29, 0.717) is 5.69 Å². The van der Waals surface area contributed by atoms with Crippen LogP contribution in [-0.4, -0.2) is 20.3 Å². The van der Waals surface area contributed by atoms with Crippen molar-refractivity contribution in [3.63, 3.8) is 0 Å². The number of hydrogen-bond acceptors (Lipinski definition) is 3. The Morgan fingerprint density at radius 2 is 1.74 bits per heavy atom. The van der Waals surface area contributed by atoms with Crippen LogP contribution in [0.25, 0.3) is 22.2 Å². The molecule has 0 atom stereocenters. The Hall–Kier alpha value is -2.23. The molecule has 0 aliphatic carbocycles. The van der Waals surface area contributed by atoms with E-state index in [1.165, 1.54) is 0 Å². The zero-order chi connectivity index (χ0) is 13.6. The van der Waals surface area contributed by atoms with Gasteiger partial charge < -0.3 is 4.57 Å². The van der Waals surface area contributed by atoms with E-state index < -0.39 is 0 Å². The van der Waals surface area contributed by atoms with Crippen LogP contribution in [0.3, 0.4) is 0 Å². The molecule has 0 amide bonds. The van der Waals surface area contributed by atoms with Crippen LogP contribution in [-0.2, 0) is 0 Å². The summed E-state index contributed by atoms with van der Waals surface area (Å²) in [5, 5.41) is 0. The van der Waals surface area contributed by atoms with Gasteiger partial charge in [-0.15, -0.1) is 0 Å². The van der Waals surface area contributed by atoms with Gasteiger partial charge >= 0.3 is 0 Å². The second-order valence-corrected chi connectivity index (χ2v) is 4.97. The minimum Gasteiger partial charge on any atom is -0.319 e. The molecule has 19 heavy (non-hydrogen) atoms. The maximum absolute atomic E-state index is 11.8. The van der Waals surface area contributed by atoms with Crippen LogP contribution >= 0.6 is 0 Å². The number of benzene rings is 1. The lowest BCUT2D eigenvalue weighted by molar-refractivity contribution is 0.100. The average molecular weight is 253 g/mol. The smallest absolute Gasteiger partial charge is 0.176 e. The summed E-state index contributed by atoms with van der Waals surface area (Å²) in [5.74, 6) is 0.0394. The van der Waals surface area contributed by atoms with Crippen LogP contribution in [0.5, 0.6) is 0 Å². The molecule has 0 aliphatic rings. The van der Waals surface area contributed by atoms with E-state index in [1.807, 2.05) is 48.7 Å². The predicted octanol–water partition coefficient (Wildman–Crippen LogP) is 3.37. The first-order valence-corrected chi connectivity index (χ1v) is 6.36. The number of carbonyl (C=O) groups is 1. The summed E-state index contributed by atoms with van der Waals surface area (Å²) in [4.78, 5) is 21.0. The normalized spacial score (nSPS) is 11.6. The molecule has 3 aromatic rings. The molecular formula is C15H15N3O. The molecule has 0 spiro atoms. The van der Waals surface area contributed by atoms with Gasteiger partial charge in [0, 0.05) is 13.0 Å². The van der Waals surface area contributed by atoms with Gasteiger partial charge in [-0.25, -0.2) is 9.97 Å². The minimum atomic E-state index is 0.0394. The summed E-state index contributed by atoms with van der Waals surface area (Å²) in [7, 11) is 0. The van der Waals surface area contributed by atoms with E-state index in [1.54, 1.807) is 6.92 Å². The Balaban J connectivity index is 2.44. The van der Waals surface area contributed by atoms with Crippen molar-refractivity contribution in [2.45, 2.75) is 26.8 Å². The third-order valence-corrected chi connectivity index (χ3v) is 3.22. The van der Waals surface area contributed by atoms with Gasteiger partial charge in [0.2, 0.25) is 0 Å². The first-order valence-electron chi connectivity index (χ1n) is 6.36. The molecule has 0 unspecified atom stereocenters. The van der Waals surface area contributed by atoms with E-state index in [4.69, 9.17) is 0 Å². The van der Waals surface area contributed by atoms with E-state index in [9.17, 15) is 4.79 Å². The maximum Gasteiger partial charge on any atom is 0.176 e. The summed E-state index contributed by atoms with van der Waals surface area (Å²) >= 11 is 0. The first-order chi connectivity index (χ1) is 9.08. The topological polar surface area (TPSA) is 47.8 Å². The Morgan fingerprint density at radius 1 is 1.11 bits per heavy atom. The van der Waals surface area contributed by atoms with Crippen LogP contribution in [0.4, 0.5) is 0 Å². The Bertz CT molecular complexity index is 787. The SMILES string of the molecule is CC(=O)c1cc2nc3ccccc3nc2n1C(C)C. The van der Waals surface area contributed by atoms with Crippen molar-refractivity contribution in [1.82, 2.24) is 14.5 Å². The van der Waals surface area contributed by atoms with Gasteiger partial charge in [-0.2, -0.15) is 0 Å². The Kier molecular flexibility index (Phi) is 2.59. The highest BCUT2D eigenvalue weighted by atomic mass is 16.1. The molecule has 0 bridgehead atoms. The van der Waals surface area contributed by atoms with Gasteiger partial charge in [-0.05, 0) is 32.0 Å². The molecule has 96 valence electrons. The largest absolute Gasteiger partial charge is 0.319 e. The summed E-state index contributed by atoms with van der Waals surface area (Å²) in [5.41, 5.74) is 3.92. The molecule has 3 rings (SSSR count). The van der Waals surface area contributed by atoms with Crippen LogP contribution in [0.1, 0.15) is 37.3 Å². The minimum absolute atomic E-state index is 0.0394. The lowest BCUT2D eigenvalue weighted by Crippen LogP contribution is -2.09. The average Bonchev–Trinajstić information content (AvgIpc) is 2.74. The molecule has 0 aliphatic heterocycles. The molecule has 0 saturated heterocycles. The fourth-order valence-electron chi connectivity index (χ4n) is 2.39. The van der Waals surface area contributed by atoms with Gasteiger partial charge in [-0.3, -0.25) is 4.79 Å². The zero-order valence-electron chi connectivity index (χ0n) is 11.2. The number of aromatic nitrogens is 3. The Morgan fingerprint density at radius 3 is 2.32 bits per heavy atom. The standard InChI is InChI=1S/C15H15N3O/c1-9(2)18-14(10(3)19)8-13-15(18)17-12-7-5-4-6-11(12)16-13/h4-9H,1-3H3. The van der Waals surface area contributed by atoms with Crippen molar-refractivity contribution in [3.05, 3.63) is 36.0 Å². The van der Waals surface area contributed by atoms with Crippen molar-refractivity contribution in [2.75, 3.05) is 0 Å². The molecule has 4 heteroatoms. The van der Waals surface area contributed by atoms with Gasteiger partial charge in [0.25, 0.3) is 0 Å². The number of fused-ring (bicyclic) bond motifs is 2. The van der Waals surface area contributed by atoms with Crippen molar-refractivity contribution in [3.8, 4) is 0 Å². The molecule has 0 N–H and O–H groups in total. The van der Waals surface area contributed by atoms with Gasteiger partial charge in [-0.1, -0.05) is 12.1 Å². The molecule has 0 radical (unpaired) electrons. The number of carbonyl (C=O) groups excluding carboxylic acids is 1. The molecule has 0 saturated carbocycles. The molecule has 2 aromatic heterocycles. The van der Waals surface area contributed by atoms with Crippen LogP contribution in [0.15, 0.2) is 30.3 Å². The lowest BCUT2D eigenvalue weighted by Gasteiger charge is -2.12. The molecular weight excluding hydrogens is 238 g/mol. The lowest BCUT2D eigenvalue weighted by atomic mass is 10.3.